The molecule has 7 nitrogen and oxygen atoms in total. The van der Waals surface area contributed by atoms with Crippen molar-refractivity contribution in [1.82, 2.24) is 4.90 Å². The third kappa shape index (κ3) is 8.63. The molecule has 0 saturated carbocycles. The summed E-state index contributed by atoms with van der Waals surface area (Å²) in [6.45, 7) is 0.464. The third-order valence-electron chi connectivity index (χ3n) is 10.6. The van der Waals surface area contributed by atoms with E-state index in [0.29, 0.717) is 6.54 Å². The molecule has 7 rings (SSSR count). The fourth-order valence-corrected chi connectivity index (χ4v) is 7.36. The maximum atomic E-state index is 11.7. The molecule has 1 amide bonds. The predicted molar refractivity (Wildman–Crippen MR) is 232 cm³/mol. The lowest BCUT2D eigenvalue weighted by Crippen LogP contribution is -2.25. The molecule has 2 aliphatic rings. The van der Waals surface area contributed by atoms with Gasteiger partial charge in [-0.05, 0) is 96.9 Å². The molecular weight excluding hydrogens is 695 g/mol. The van der Waals surface area contributed by atoms with E-state index in [9.17, 15) is 9.90 Å². The van der Waals surface area contributed by atoms with Crippen LogP contribution in [0.3, 0.4) is 0 Å². The molecule has 1 N–H and O–H groups in total. The highest BCUT2D eigenvalue weighted by atomic mass is 16.5. The highest BCUT2D eigenvalue weighted by Gasteiger charge is 2.22. The molecule has 0 radical (unpaired) electrons. The number of hydrogen-bond acceptors (Lipinski definition) is 4. The summed E-state index contributed by atoms with van der Waals surface area (Å²) in [5.41, 5.74) is 12.1. The van der Waals surface area contributed by atoms with Crippen LogP contribution in [0, 0.1) is 0 Å². The largest absolute Gasteiger partial charge is 0.465 e. The average molecular weight is 745 g/mol. The van der Waals surface area contributed by atoms with Gasteiger partial charge in [-0.2, -0.15) is 0 Å². The summed E-state index contributed by atoms with van der Waals surface area (Å²) in [5, 5.41) is 10.6. The van der Waals surface area contributed by atoms with E-state index in [-0.39, 0.29) is 0 Å². The number of rotatable bonds is 11. The van der Waals surface area contributed by atoms with Crippen molar-refractivity contribution in [1.29, 1.82) is 0 Å². The monoisotopic (exact) mass is 744 g/mol. The topological polar surface area (TPSA) is 67.5 Å². The second kappa shape index (κ2) is 17.0. The minimum atomic E-state index is -0.909. The van der Waals surface area contributed by atoms with Crippen molar-refractivity contribution in [2.24, 2.45) is 0 Å². The Balaban J connectivity index is 1.31. The van der Waals surface area contributed by atoms with E-state index in [1.807, 2.05) is 64.6 Å². The van der Waals surface area contributed by atoms with Gasteiger partial charge in [0.25, 0.3) is 0 Å². The average Bonchev–Trinajstić information content (AvgIpc) is 3.22. The van der Waals surface area contributed by atoms with E-state index >= 15 is 0 Å². The molecule has 1 aliphatic carbocycles. The van der Waals surface area contributed by atoms with E-state index in [0.717, 1.165) is 99.5 Å². The SMILES string of the molecule is CN(CCCC1=C(/C=C/c2cc(-c3ccccc3)[o+]c3cc(N(C)C)ccc23)CCC/C1=C\C=C1/C=C(c2ccccc2)Oc2cc(N(C)C)ccc21)C(=O)O. The van der Waals surface area contributed by atoms with Gasteiger partial charge >= 0.3 is 17.4 Å². The second-order valence-corrected chi connectivity index (χ2v) is 14.9. The molecule has 0 atom stereocenters. The Labute approximate surface area is 330 Å². The molecule has 0 bridgehead atoms. The molecule has 5 aromatic rings. The summed E-state index contributed by atoms with van der Waals surface area (Å²) in [5.74, 6) is 2.46. The Morgan fingerprint density at radius 3 is 2.20 bits per heavy atom. The number of amides is 1. The van der Waals surface area contributed by atoms with Gasteiger partial charge in [0.2, 0.25) is 0 Å². The van der Waals surface area contributed by atoms with E-state index in [4.69, 9.17) is 9.15 Å². The summed E-state index contributed by atoms with van der Waals surface area (Å²) >= 11 is 0. The Morgan fingerprint density at radius 1 is 0.786 bits per heavy atom. The molecule has 1 aromatic heterocycles. The van der Waals surface area contributed by atoms with Gasteiger partial charge in [-0.15, -0.1) is 0 Å². The quantitative estimate of drug-likeness (QED) is 0.136. The maximum absolute atomic E-state index is 11.7. The van der Waals surface area contributed by atoms with Crippen LogP contribution in [-0.4, -0.2) is 57.9 Å². The van der Waals surface area contributed by atoms with Crippen LogP contribution < -0.4 is 14.5 Å². The summed E-state index contributed by atoms with van der Waals surface area (Å²) in [6, 6.07) is 35.3. The number of carboxylic acid groups (broad SMARTS) is 1. The first-order valence-corrected chi connectivity index (χ1v) is 19.3. The van der Waals surface area contributed by atoms with Crippen LogP contribution in [-0.2, 0) is 0 Å². The van der Waals surface area contributed by atoms with Crippen LogP contribution in [0.1, 0.15) is 48.8 Å². The lowest BCUT2D eigenvalue weighted by Gasteiger charge is -2.24. The van der Waals surface area contributed by atoms with Crippen molar-refractivity contribution < 1.29 is 19.1 Å². The molecular formula is C49H50N3O4+. The predicted octanol–water partition coefficient (Wildman–Crippen LogP) is 11.8. The summed E-state index contributed by atoms with van der Waals surface area (Å²) in [7, 11) is 9.79. The lowest BCUT2D eigenvalue weighted by molar-refractivity contribution is 0.155. The molecule has 7 heteroatoms. The van der Waals surface area contributed by atoms with E-state index in [1.165, 1.54) is 21.6 Å². The smallest absolute Gasteiger partial charge is 0.407 e. The first kappa shape index (κ1) is 38.0. The highest BCUT2D eigenvalue weighted by Crippen LogP contribution is 2.41. The molecule has 0 unspecified atom stereocenters. The number of hydrogen-bond donors (Lipinski definition) is 1. The van der Waals surface area contributed by atoms with E-state index < -0.39 is 6.09 Å². The number of anilines is 2. The first-order valence-electron chi connectivity index (χ1n) is 19.3. The number of nitrogens with zero attached hydrogens (tertiary/aromatic N) is 3. The zero-order valence-electron chi connectivity index (χ0n) is 33.0. The summed E-state index contributed by atoms with van der Waals surface area (Å²) in [4.78, 5) is 17.2. The van der Waals surface area contributed by atoms with Crippen LogP contribution in [0.15, 0.2) is 149 Å². The van der Waals surface area contributed by atoms with Crippen LogP contribution in [0.25, 0.3) is 39.7 Å². The molecule has 56 heavy (non-hydrogen) atoms. The summed E-state index contributed by atoms with van der Waals surface area (Å²) in [6.07, 6.45) is 14.7. The van der Waals surface area contributed by atoms with Gasteiger partial charge in [0.1, 0.15) is 11.5 Å². The number of carbonyl (C=O) groups is 1. The Kier molecular flexibility index (Phi) is 11.5. The minimum absolute atomic E-state index is 0.464. The van der Waals surface area contributed by atoms with Gasteiger partial charge in [-0.25, -0.2) is 9.21 Å². The molecule has 0 spiro atoms. The summed E-state index contributed by atoms with van der Waals surface area (Å²) < 4.78 is 13.0. The Morgan fingerprint density at radius 2 is 1.48 bits per heavy atom. The van der Waals surface area contributed by atoms with Gasteiger partial charge in [0, 0.05) is 75.9 Å². The standard InChI is InChI=1S/C49H49N3O4/c1-50(2)40-25-27-43-38(30-45(55-47(43)32-40)36-14-8-6-9-15-36)23-21-34-18-12-19-35(42(34)20-13-29-52(5)49(53)54)22-24-39-31-46(37-16-10-7-11-17-37)56-48-33-41(51(3)4)26-28-44(39)48/h6-11,14-17,21-28,30-33H,12-13,18-20,29H2,1-5H3/p+1. The maximum Gasteiger partial charge on any atom is 0.407 e. The molecule has 4 aromatic carbocycles. The molecule has 284 valence electrons. The van der Waals surface area contributed by atoms with Crippen LogP contribution in [0.5, 0.6) is 5.75 Å². The van der Waals surface area contributed by atoms with Crippen molar-refractivity contribution >= 4 is 45.8 Å². The van der Waals surface area contributed by atoms with Crippen molar-refractivity contribution in [3.05, 3.63) is 161 Å². The molecule has 0 saturated heterocycles. The fourth-order valence-electron chi connectivity index (χ4n) is 7.36. The van der Waals surface area contributed by atoms with Gasteiger partial charge < -0.3 is 24.5 Å². The molecule has 2 heterocycles. The van der Waals surface area contributed by atoms with Crippen molar-refractivity contribution in [2.75, 3.05) is 51.6 Å². The Hall–Kier alpha value is -6.34. The van der Waals surface area contributed by atoms with E-state index in [2.05, 4.69) is 107 Å². The van der Waals surface area contributed by atoms with Crippen LogP contribution in [0.4, 0.5) is 16.2 Å². The van der Waals surface area contributed by atoms with E-state index in [1.54, 1.807) is 7.05 Å². The van der Waals surface area contributed by atoms with Crippen LogP contribution in [0.2, 0.25) is 0 Å². The van der Waals surface area contributed by atoms with Crippen molar-refractivity contribution in [3.63, 3.8) is 0 Å². The van der Waals surface area contributed by atoms with Gasteiger partial charge in [0.05, 0.1) is 23.1 Å². The number of allylic oxidation sites excluding steroid dienone is 8. The third-order valence-corrected chi connectivity index (χ3v) is 10.6. The van der Waals surface area contributed by atoms with Gasteiger partial charge in [-0.1, -0.05) is 72.8 Å². The second-order valence-electron chi connectivity index (χ2n) is 14.9. The van der Waals surface area contributed by atoms with Crippen molar-refractivity contribution in [2.45, 2.75) is 32.1 Å². The minimum Gasteiger partial charge on any atom is -0.465 e. The van der Waals surface area contributed by atoms with Crippen LogP contribution >= 0.6 is 0 Å². The van der Waals surface area contributed by atoms with Gasteiger partial charge in [0.15, 0.2) is 0 Å². The lowest BCUT2D eigenvalue weighted by atomic mass is 9.83. The number of benzene rings is 4. The fraction of sp³-hybridized carbons (Fsp3) is 0.224. The highest BCUT2D eigenvalue weighted by molar-refractivity contribution is 5.91. The number of fused-ring (bicyclic) bond motifs is 2. The van der Waals surface area contributed by atoms with Gasteiger partial charge in [-0.3, -0.25) is 0 Å². The first-order chi connectivity index (χ1) is 27.1. The zero-order valence-corrected chi connectivity index (χ0v) is 33.0. The molecule has 1 aliphatic heterocycles. The normalized spacial score (nSPS) is 15.6. The zero-order chi connectivity index (χ0) is 39.2. The van der Waals surface area contributed by atoms with Crippen molar-refractivity contribution in [3.8, 4) is 17.1 Å². The molecule has 0 fully saturated rings. The Bertz CT molecular complexity index is 2390. The number of ether oxygens (including phenoxy) is 1.